The highest BCUT2D eigenvalue weighted by molar-refractivity contribution is 5.95. The van der Waals surface area contributed by atoms with Crippen LogP contribution >= 0.6 is 0 Å². The van der Waals surface area contributed by atoms with Gasteiger partial charge in [-0.1, -0.05) is 78.6 Å². The molecule has 0 aliphatic heterocycles. The van der Waals surface area contributed by atoms with E-state index in [1.165, 1.54) is 19.3 Å². The Hall–Kier alpha value is -1.32. The minimum absolute atomic E-state index is 0.302. The predicted molar refractivity (Wildman–Crippen MR) is 98.0 cm³/mol. The van der Waals surface area contributed by atoms with Crippen molar-refractivity contribution in [1.29, 1.82) is 0 Å². The Labute approximate surface area is 147 Å². The topological polar surface area (TPSA) is 63.6 Å². The Kier molecular flexibility index (Phi) is 14.4. The van der Waals surface area contributed by atoms with Crippen LogP contribution in [-0.2, 0) is 14.3 Å². The molecule has 0 bridgehead atoms. The molecule has 0 aliphatic rings. The monoisotopic (exact) mass is 340 g/mol. The van der Waals surface area contributed by atoms with Crippen molar-refractivity contribution in [3.63, 3.8) is 0 Å². The van der Waals surface area contributed by atoms with E-state index >= 15 is 0 Å². The first-order chi connectivity index (χ1) is 11.5. The van der Waals surface area contributed by atoms with Crippen LogP contribution in [0.15, 0.2) is 11.6 Å². The van der Waals surface area contributed by atoms with E-state index < -0.39 is 11.9 Å². The minimum Gasteiger partial charge on any atom is -0.478 e. The first-order valence-corrected chi connectivity index (χ1v) is 9.65. The molecular weight excluding hydrogens is 304 g/mol. The summed E-state index contributed by atoms with van der Waals surface area (Å²) in [5, 5.41) is 9.00. The third-order valence-corrected chi connectivity index (χ3v) is 4.34. The predicted octanol–water partition coefficient (Wildman–Crippen LogP) is 5.51. The first-order valence-electron chi connectivity index (χ1n) is 9.65. The lowest BCUT2D eigenvalue weighted by Gasteiger charge is -2.16. The van der Waals surface area contributed by atoms with Crippen molar-refractivity contribution in [3.8, 4) is 0 Å². The van der Waals surface area contributed by atoms with Gasteiger partial charge >= 0.3 is 11.9 Å². The molecule has 0 aromatic carbocycles. The zero-order valence-electron chi connectivity index (χ0n) is 15.8. The van der Waals surface area contributed by atoms with Crippen molar-refractivity contribution in [1.82, 2.24) is 0 Å². The van der Waals surface area contributed by atoms with Gasteiger partial charge in [0.15, 0.2) is 0 Å². The fourth-order valence-electron chi connectivity index (χ4n) is 2.74. The summed E-state index contributed by atoms with van der Waals surface area (Å²) in [6, 6.07) is 0. The lowest BCUT2D eigenvalue weighted by atomic mass is 9.91. The highest BCUT2D eigenvalue weighted by Gasteiger charge is 2.17. The summed E-state index contributed by atoms with van der Waals surface area (Å²) in [6.45, 7) is 6.78. The van der Waals surface area contributed by atoms with Crippen molar-refractivity contribution in [2.45, 2.75) is 91.4 Å². The van der Waals surface area contributed by atoms with E-state index in [9.17, 15) is 9.59 Å². The second-order valence-electron chi connectivity index (χ2n) is 6.53. The molecule has 0 fully saturated rings. The summed E-state index contributed by atoms with van der Waals surface area (Å²) in [6.07, 6.45) is 12.5. The molecule has 0 amide bonds. The quantitative estimate of drug-likeness (QED) is 0.243. The molecule has 1 unspecified atom stereocenters. The van der Waals surface area contributed by atoms with Crippen LogP contribution in [0.4, 0.5) is 0 Å². The Morgan fingerprint density at radius 3 is 2.17 bits per heavy atom. The molecule has 0 aromatic heterocycles. The Morgan fingerprint density at radius 2 is 1.58 bits per heavy atom. The van der Waals surface area contributed by atoms with Crippen LogP contribution in [0.25, 0.3) is 0 Å². The van der Waals surface area contributed by atoms with Gasteiger partial charge in [-0.3, -0.25) is 0 Å². The average molecular weight is 341 g/mol. The zero-order valence-corrected chi connectivity index (χ0v) is 15.8. The molecule has 0 heterocycles. The molecule has 140 valence electrons. The van der Waals surface area contributed by atoms with Crippen LogP contribution in [-0.4, -0.2) is 23.7 Å². The summed E-state index contributed by atoms with van der Waals surface area (Å²) in [4.78, 5) is 23.2. The lowest BCUT2D eigenvalue weighted by Crippen LogP contribution is -2.14. The smallest absolute Gasteiger partial charge is 0.334 e. The van der Waals surface area contributed by atoms with Gasteiger partial charge in [0.25, 0.3) is 0 Å². The van der Waals surface area contributed by atoms with E-state index in [2.05, 4.69) is 20.8 Å². The number of aliphatic carboxylic acids is 1. The molecule has 1 atom stereocenters. The van der Waals surface area contributed by atoms with Crippen LogP contribution in [0.2, 0.25) is 0 Å². The summed E-state index contributed by atoms with van der Waals surface area (Å²) in [5.74, 6) is -1.19. The largest absolute Gasteiger partial charge is 0.478 e. The van der Waals surface area contributed by atoms with Gasteiger partial charge in [-0.05, 0) is 18.8 Å². The zero-order chi connectivity index (χ0) is 18.2. The number of carboxylic acid groups (broad SMARTS) is 1. The molecule has 1 N–H and O–H groups in total. The summed E-state index contributed by atoms with van der Waals surface area (Å²) >= 11 is 0. The van der Waals surface area contributed by atoms with Crippen molar-refractivity contribution in [2.75, 3.05) is 6.61 Å². The molecule has 4 nitrogen and oxygen atoms in total. The molecule has 0 aromatic rings. The van der Waals surface area contributed by atoms with E-state index in [0.29, 0.717) is 24.5 Å². The van der Waals surface area contributed by atoms with Gasteiger partial charge < -0.3 is 9.84 Å². The van der Waals surface area contributed by atoms with Crippen LogP contribution in [0.1, 0.15) is 91.4 Å². The average Bonchev–Trinajstić information content (AvgIpc) is 2.56. The fourth-order valence-corrected chi connectivity index (χ4v) is 2.74. The SMILES string of the molecule is CCCCCCCCOC(=O)/C(=C\C(=O)O)CC(CC)CCCC. The molecule has 0 saturated heterocycles. The van der Waals surface area contributed by atoms with E-state index in [-0.39, 0.29) is 0 Å². The molecule has 24 heavy (non-hydrogen) atoms. The van der Waals surface area contributed by atoms with Crippen LogP contribution in [0, 0.1) is 5.92 Å². The van der Waals surface area contributed by atoms with Gasteiger partial charge in [0.1, 0.15) is 0 Å². The normalized spacial score (nSPS) is 12.9. The van der Waals surface area contributed by atoms with Crippen LogP contribution in [0.5, 0.6) is 0 Å². The van der Waals surface area contributed by atoms with Gasteiger partial charge in [0.2, 0.25) is 0 Å². The standard InChI is InChI=1S/C20H36O4/c1-4-7-9-10-11-12-14-24-20(23)18(16-19(21)22)15-17(6-3)13-8-5-2/h16-17H,4-15H2,1-3H3,(H,21,22)/b18-16-. The molecular formula is C20H36O4. The lowest BCUT2D eigenvalue weighted by molar-refractivity contribution is -0.140. The van der Waals surface area contributed by atoms with Crippen LogP contribution in [0.3, 0.4) is 0 Å². The van der Waals surface area contributed by atoms with Gasteiger partial charge in [0.05, 0.1) is 6.61 Å². The number of carboxylic acids is 1. The van der Waals surface area contributed by atoms with E-state index in [0.717, 1.165) is 51.0 Å². The Balaban J connectivity index is 4.33. The fraction of sp³-hybridized carbons (Fsp3) is 0.800. The van der Waals surface area contributed by atoms with Crippen LogP contribution < -0.4 is 0 Å². The van der Waals surface area contributed by atoms with Crippen molar-refractivity contribution in [3.05, 3.63) is 11.6 Å². The maximum atomic E-state index is 12.2. The molecule has 0 saturated carbocycles. The Bertz CT molecular complexity index is 374. The first kappa shape index (κ1) is 22.7. The number of unbranched alkanes of at least 4 members (excludes halogenated alkanes) is 6. The molecule has 0 rings (SSSR count). The second-order valence-corrected chi connectivity index (χ2v) is 6.53. The molecule has 4 heteroatoms. The van der Waals surface area contributed by atoms with E-state index in [4.69, 9.17) is 9.84 Å². The maximum Gasteiger partial charge on any atom is 0.334 e. The number of ether oxygens (including phenoxy) is 1. The summed E-state index contributed by atoms with van der Waals surface area (Å²) < 4.78 is 5.29. The minimum atomic E-state index is -1.08. The number of hydrogen-bond donors (Lipinski definition) is 1. The Morgan fingerprint density at radius 1 is 0.958 bits per heavy atom. The number of carbonyl (C=O) groups is 2. The molecule has 0 radical (unpaired) electrons. The van der Waals surface area contributed by atoms with Gasteiger partial charge in [-0.25, -0.2) is 9.59 Å². The third kappa shape index (κ3) is 12.1. The maximum absolute atomic E-state index is 12.2. The summed E-state index contributed by atoms with van der Waals surface area (Å²) in [5.41, 5.74) is 0.302. The highest BCUT2D eigenvalue weighted by Crippen LogP contribution is 2.22. The molecule has 0 spiro atoms. The van der Waals surface area contributed by atoms with Crippen molar-refractivity contribution >= 4 is 11.9 Å². The van der Waals surface area contributed by atoms with E-state index in [1.54, 1.807) is 0 Å². The van der Waals surface area contributed by atoms with Crippen molar-refractivity contribution in [2.24, 2.45) is 5.92 Å². The second kappa shape index (κ2) is 15.2. The summed E-state index contributed by atoms with van der Waals surface area (Å²) in [7, 11) is 0. The number of rotatable bonds is 15. The number of carbonyl (C=O) groups excluding carboxylic acids is 1. The van der Waals surface area contributed by atoms with Crippen molar-refractivity contribution < 1.29 is 19.4 Å². The van der Waals surface area contributed by atoms with Gasteiger partial charge in [-0.2, -0.15) is 0 Å². The van der Waals surface area contributed by atoms with Gasteiger partial charge in [0, 0.05) is 11.6 Å². The molecule has 0 aliphatic carbocycles. The highest BCUT2D eigenvalue weighted by atomic mass is 16.5. The number of hydrogen-bond acceptors (Lipinski definition) is 3. The number of esters is 1. The van der Waals surface area contributed by atoms with Gasteiger partial charge in [-0.15, -0.1) is 0 Å². The third-order valence-electron chi connectivity index (χ3n) is 4.34. The van der Waals surface area contributed by atoms with E-state index in [1.807, 2.05) is 0 Å².